The van der Waals surface area contributed by atoms with Gasteiger partial charge in [-0.3, -0.25) is 4.68 Å². The van der Waals surface area contributed by atoms with Crippen LogP contribution in [0.5, 0.6) is 0 Å². The topological polar surface area (TPSA) is 47.1 Å². The molecule has 0 spiro atoms. The molecule has 0 radical (unpaired) electrons. The van der Waals surface area contributed by atoms with Crippen LogP contribution >= 0.6 is 0 Å². The van der Waals surface area contributed by atoms with Gasteiger partial charge in [-0.2, -0.15) is 5.10 Å². The Hall–Kier alpha value is -0.870. The summed E-state index contributed by atoms with van der Waals surface area (Å²) in [5.41, 5.74) is 7.93. The van der Waals surface area contributed by atoms with Crippen molar-refractivity contribution in [2.75, 3.05) is 20.1 Å². The van der Waals surface area contributed by atoms with E-state index in [1.54, 1.807) is 0 Å². The van der Waals surface area contributed by atoms with E-state index in [1.807, 2.05) is 11.7 Å². The molecule has 1 rings (SSSR count). The Morgan fingerprint density at radius 3 is 2.69 bits per heavy atom. The highest BCUT2D eigenvalue weighted by atomic mass is 15.3. The Morgan fingerprint density at radius 1 is 1.38 bits per heavy atom. The molecule has 0 saturated carbocycles. The lowest BCUT2D eigenvalue weighted by Crippen LogP contribution is -2.19. The molecule has 16 heavy (non-hydrogen) atoms. The first-order valence-electron chi connectivity index (χ1n) is 6.01. The summed E-state index contributed by atoms with van der Waals surface area (Å²) in [6.07, 6.45) is 5.70. The van der Waals surface area contributed by atoms with Gasteiger partial charge >= 0.3 is 0 Å². The number of aryl methyl sites for hydroxylation is 2. The molecule has 0 aliphatic heterocycles. The molecular weight excluding hydrogens is 200 g/mol. The first kappa shape index (κ1) is 13.2. The van der Waals surface area contributed by atoms with Gasteiger partial charge in [-0.1, -0.05) is 6.42 Å². The molecule has 0 atom stereocenters. The van der Waals surface area contributed by atoms with Crippen molar-refractivity contribution in [1.82, 2.24) is 14.7 Å². The van der Waals surface area contributed by atoms with Gasteiger partial charge in [0, 0.05) is 25.4 Å². The standard InChI is InChI=1S/C12H24N4/c1-11-12(10-16(3)14-11)9-15(2)8-6-4-5-7-13/h10H,4-9,13H2,1-3H3. The highest BCUT2D eigenvalue weighted by Crippen LogP contribution is 2.08. The van der Waals surface area contributed by atoms with E-state index in [-0.39, 0.29) is 0 Å². The van der Waals surface area contributed by atoms with Crippen molar-refractivity contribution < 1.29 is 0 Å². The molecule has 0 amide bonds. The third-order valence-electron chi connectivity index (χ3n) is 2.80. The molecule has 0 saturated heterocycles. The van der Waals surface area contributed by atoms with Crippen LogP contribution < -0.4 is 5.73 Å². The number of unbranched alkanes of at least 4 members (excludes halogenated alkanes) is 2. The smallest absolute Gasteiger partial charge is 0.0638 e. The van der Waals surface area contributed by atoms with Gasteiger partial charge in [0.05, 0.1) is 5.69 Å². The van der Waals surface area contributed by atoms with Crippen LogP contribution in [-0.4, -0.2) is 34.8 Å². The van der Waals surface area contributed by atoms with Crippen LogP contribution in [0, 0.1) is 6.92 Å². The van der Waals surface area contributed by atoms with Crippen molar-refractivity contribution in [3.05, 3.63) is 17.5 Å². The van der Waals surface area contributed by atoms with Gasteiger partial charge in [-0.25, -0.2) is 0 Å². The lowest BCUT2D eigenvalue weighted by molar-refractivity contribution is 0.317. The maximum atomic E-state index is 5.47. The average molecular weight is 224 g/mol. The summed E-state index contributed by atoms with van der Waals surface area (Å²) < 4.78 is 1.88. The number of hydrogen-bond donors (Lipinski definition) is 1. The zero-order valence-corrected chi connectivity index (χ0v) is 10.7. The van der Waals surface area contributed by atoms with Crippen LogP contribution in [-0.2, 0) is 13.6 Å². The fourth-order valence-corrected chi connectivity index (χ4v) is 1.88. The zero-order valence-electron chi connectivity index (χ0n) is 10.7. The summed E-state index contributed by atoms with van der Waals surface area (Å²) >= 11 is 0. The van der Waals surface area contributed by atoms with Gasteiger partial charge in [0.25, 0.3) is 0 Å². The van der Waals surface area contributed by atoms with Crippen LogP contribution in [0.25, 0.3) is 0 Å². The number of nitrogens with zero attached hydrogens (tertiary/aromatic N) is 3. The number of aromatic nitrogens is 2. The normalized spacial score (nSPS) is 11.3. The van der Waals surface area contributed by atoms with E-state index >= 15 is 0 Å². The average Bonchev–Trinajstić information content (AvgIpc) is 2.52. The Bertz CT molecular complexity index is 306. The first-order valence-corrected chi connectivity index (χ1v) is 6.01. The van der Waals surface area contributed by atoms with Crippen LogP contribution in [0.15, 0.2) is 6.20 Å². The molecule has 2 N–H and O–H groups in total. The molecule has 0 aliphatic carbocycles. The van der Waals surface area contributed by atoms with Crippen molar-refractivity contribution in [3.8, 4) is 0 Å². The van der Waals surface area contributed by atoms with Gasteiger partial charge in [0.15, 0.2) is 0 Å². The van der Waals surface area contributed by atoms with E-state index in [9.17, 15) is 0 Å². The Kier molecular flexibility index (Phi) is 5.49. The summed E-state index contributed by atoms with van der Waals surface area (Å²) in [5.74, 6) is 0. The first-order chi connectivity index (χ1) is 7.63. The highest BCUT2D eigenvalue weighted by Gasteiger charge is 2.05. The van der Waals surface area contributed by atoms with Gasteiger partial charge in [-0.15, -0.1) is 0 Å². The third kappa shape index (κ3) is 4.33. The second-order valence-corrected chi connectivity index (χ2v) is 4.50. The minimum Gasteiger partial charge on any atom is -0.330 e. The molecule has 4 nitrogen and oxygen atoms in total. The molecular formula is C12H24N4. The summed E-state index contributed by atoms with van der Waals surface area (Å²) in [5, 5.41) is 4.35. The Labute approximate surface area is 98.4 Å². The third-order valence-corrected chi connectivity index (χ3v) is 2.80. The Morgan fingerprint density at radius 2 is 2.12 bits per heavy atom. The molecule has 1 aromatic heterocycles. The maximum absolute atomic E-state index is 5.47. The van der Waals surface area contributed by atoms with E-state index in [0.717, 1.165) is 31.7 Å². The summed E-state index contributed by atoms with van der Waals surface area (Å²) in [6.45, 7) is 5.00. The fraction of sp³-hybridized carbons (Fsp3) is 0.750. The quantitative estimate of drug-likeness (QED) is 0.710. The molecule has 0 aliphatic rings. The Balaban J connectivity index is 2.28. The van der Waals surface area contributed by atoms with Crippen molar-refractivity contribution in [1.29, 1.82) is 0 Å². The fourth-order valence-electron chi connectivity index (χ4n) is 1.88. The van der Waals surface area contributed by atoms with Crippen molar-refractivity contribution >= 4 is 0 Å². The van der Waals surface area contributed by atoms with Crippen molar-refractivity contribution in [2.24, 2.45) is 12.8 Å². The van der Waals surface area contributed by atoms with Gasteiger partial charge in [0.1, 0.15) is 0 Å². The van der Waals surface area contributed by atoms with Gasteiger partial charge in [-0.05, 0) is 39.9 Å². The predicted molar refractivity (Wildman–Crippen MR) is 67.2 cm³/mol. The summed E-state index contributed by atoms with van der Waals surface area (Å²) in [4.78, 5) is 2.35. The number of nitrogens with two attached hydrogens (primary N) is 1. The monoisotopic (exact) mass is 224 g/mol. The number of rotatable bonds is 7. The maximum Gasteiger partial charge on any atom is 0.0638 e. The largest absolute Gasteiger partial charge is 0.330 e. The summed E-state index contributed by atoms with van der Waals surface area (Å²) in [6, 6.07) is 0. The second-order valence-electron chi connectivity index (χ2n) is 4.50. The van der Waals surface area contributed by atoms with Crippen LogP contribution in [0.4, 0.5) is 0 Å². The number of hydrogen-bond acceptors (Lipinski definition) is 3. The molecule has 4 heteroatoms. The molecule has 0 fully saturated rings. The highest BCUT2D eigenvalue weighted by molar-refractivity contribution is 5.14. The SMILES string of the molecule is Cc1nn(C)cc1CN(C)CCCCCN. The molecule has 0 unspecified atom stereocenters. The summed E-state index contributed by atoms with van der Waals surface area (Å²) in [7, 11) is 4.13. The van der Waals surface area contributed by atoms with E-state index in [4.69, 9.17) is 5.73 Å². The molecule has 0 bridgehead atoms. The molecule has 0 aromatic carbocycles. The van der Waals surface area contributed by atoms with Crippen LogP contribution in [0.2, 0.25) is 0 Å². The lowest BCUT2D eigenvalue weighted by Gasteiger charge is -2.15. The van der Waals surface area contributed by atoms with E-state index < -0.39 is 0 Å². The van der Waals surface area contributed by atoms with E-state index in [0.29, 0.717) is 0 Å². The van der Waals surface area contributed by atoms with E-state index in [2.05, 4.69) is 30.2 Å². The van der Waals surface area contributed by atoms with Crippen LogP contribution in [0.1, 0.15) is 30.5 Å². The molecule has 1 heterocycles. The van der Waals surface area contributed by atoms with Gasteiger partial charge in [0.2, 0.25) is 0 Å². The lowest BCUT2D eigenvalue weighted by atomic mass is 10.2. The second kappa shape index (κ2) is 6.66. The van der Waals surface area contributed by atoms with Gasteiger partial charge < -0.3 is 10.6 Å². The minimum absolute atomic E-state index is 0.811. The van der Waals surface area contributed by atoms with Crippen LogP contribution in [0.3, 0.4) is 0 Å². The van der Waals surface area contributed by atoms with Crippen molar-refractivity contribution in [2.45, 2.75) is 32.7 Å². The van der Waals surface area contributed by atoms with Crippen molar-refractivity contribution in [3.63, 3.8) is 0 Å². The predicted octanol–water partition coefficient (Wildman–Crippen LogP) is 1.29. The minimum atomic E-state index is 0.811. The zero-order chi connectivity index (χ0) is 12.0. The molecule has 92 valence electrons. The molecule has 1 aromatic rings. The van der Waals surface area contributed by atoms with E-state index in [1.165, 1.54) is 18.4 Å².